The third kappa shape index (κ3) is 2.66. The molecule has 0 saturated carbocycles. The molecular weight excluding hydrogens is 312 g/mol. The van der Waals surface area contributed by atoms with Gasteiger partial charge in [-0.1, -0.05) is 23.7 Å². The molecule has 0 bridgehead atoms. The molecule has 1 N–H and O–H groups in total. The number of nitrogens with zero attached hydrogens (tertiary/aromatic N) is 3. The first-order valence-corrected chi connectivity index (χ1v) is 8.05. The predicted octanol–water partition coefficient (Wildman–Crippen LogP) is 3.50. The maximum absolute atomic E-state index is 6.28. The number of anilines is 1. The van der Waals surface area contributed by atoms with Crippen LogP contribution in [0.3, 0.4) is 0 Å². The Hall–Kier alpha value is -2.11. The molecule has 0 spiro atoms. The van der Waals surface area contributed by atoms with Crippen LogP contribution in [-0.2, 0) is 4.74 Å². The first-order valence-electron chi connectivity index (χ1n) is 7.68. The molecule has 5 nitrogen and oxygen atoms in total. The van der Waals surface area contributed by atoms with Gasteiger partial charge in [-0.25, -0.2) is 9.97 Å². The van der Waals surface area contributed by atoms with E-state index in [2.05, 4.69) is 21.8 Å². The van der Waals surface area contributed by atoms with E-state index in [1.807, 2.05) is 36.5 Å². The van der Waals surface area contributed by atoms with E-state index in [1.54, 1.807) is 0 Å². The summed E-state index contributed by atoms with van der Waals surface area (Å²) in [5, 5.41) is 1.55. The summed E-state index contributed by atoms with van der Waals surface area (Å²) >= 11 is 6.28. The zero-order chi connectivity index (χ0) is 15.8. The summed E-state index contributed by atoms with van der Waals surface area (Å²) in [6.07, 6.45) is 1.92. The van der Waals surface area contributed by atoms with Crippen LogP contribution in [-0.4, -0.2) is 40.8 Å². The lowest BCUT2D eigenvalue weighted by Gasteiger charge is -2.34. The fourth-order valence-electron chi connectivity index (χ4n) is 3.02. The average molecular weight is 329 g/mol. The van der Waals surface area contributed by atoms with Crippen LogP contribution in [0.25, 0.3) is 22.3 Å². The molecule has 4 rings (SSSR count). The summed E-state index contributed by atoms with van der Waals surface area (Å²) in [5.41, 5.74) is 2.04. The summed E-state index contributed by atoms with van der Waals surface area (Å²) < 4.78 is 5.50. The minimum absolute atomic E-state index is 0.269. The quantitative estimate of drug-likeness (QED) is 0.731. The van der Waals surface area contributed by atoms with Crippen LogP contribution in [0.2, 0.25) is 5.15 Å². The Labute approximate surface area is 139 Å². The van der Waals surface area contributed by atoms with E-state index >= 15 is 0 Å². The Kier molecular flexibility index (Phi) is 3.67. The highest BCUT2D eigenvalue weighted by atomic mass is 35.5. The molecule has 1 saturated heterocycles. The van der Waals surface area contributed by atoms with Crippen molar-refractivity contribution in [3.63, 3.8) is 0 Å². The molecule has 23 heavy (non-hydrogen) atoms. The lowest BCUT2D eigenvalue weighted by atomic mass is 10.1. The van der Waals surface area contributed by atoms with Crippen molar-refractivity contribution in [2.24, 2.45) is 0 Å². The van der Waals surface area contributed by atoms with Gasteiger partial charge in [0.25, 0.3) is 0 Å². The van der Waals surface area contributed by atoms with Crippen LogP contribution >= 0.6 is 11.6 Å². The maximum Gasteiger partial charge on any atom is 0.163 e. The number of rotatable bonds is 2. The Morgan fingerprint density at radius 2 is 2.22 bits per heavy atom. The molecule has 1 atom stereocenters. The molecule has 1 fully saturated rings. The van der Waals surface area contributed by atoms with Gasteiger partial charge < -0.3 is 14.6 Å². The van der Waals surface area contributed by atoms with Gasteiger partial charge in [-0.3, -0.25) is 0 Å². The molecule has 3 heterocycles. The third-order valence-electron chi connectivity index (χ3n) is 4.18. The molecule has 1 unspecified atom stereocenters. The Balaban J connectivity index is 1.82. The number of aromatic amines is 1. The molecule has 118 valence electrons. The molecule has 2 aromatic heterocycles. The van der Waals surface area contributed by atoms with Gasteiger partial charge in [0.2, 0.25) is 0 Å². The number of morpholine rings is 1. The van der Waals surface area contributed by atoms with Crippen molar-refractivity contribution in [1.82, 2.24) is 15.0 Å². The van der Waals surface area contributed by atoms with Crippen LogP contribution in [0.15, 0.2) is 36.5 Å². The summed E-state index contributed by atoms with van der Waals surface area (Å²) in [4.78, 5) is 14.6. The zero-order valence-corrected chi connectivity index (χ0v) is 13.5. The lowest BCUT2D eigenvalue weighted by Crippen LogP contribution is -2.44. The standard InChI is InChI=1S/C17H17ClN4O/c1-11-10-23-8-7-22(11)16-9-15(18)20-17(21-16)13-3-2-4-14-12(13)5-6-19-14/h2-6,9,11,19H,7-8,10H2,1H3. The Bertz CT molecular complexity index is 847. The van der Waals surface area contributed by atoms with Gasteiger partial charge >= 0.3 is 0 Å². The summed E-state index contributed by atoms with van der Waals surface area (Å²) in [6, 6.07) is 10.2. The van der Waals surface area contributed by atoms with Crippen LogP contribution in [0.5, 0.6) is 0 Å². The summed E-state index contributed by atoms with van der Waals surface area (Å²) in [7, 11) is 0. The number of benzene rings is 1. The van der Waals surface area contributed by atoms with Crippen molar-refractivity contribution in [2.45, 2.75) is 13.0 Å². The summed E-state index contributed by atoms with van der Waals surface area (Å²) in [5.74, 6) is 1.50. The second-order valence-corrected chi connectivity index (χ2v) is 6.12. The van der Waals surface area contributed by atoms with Crippen LogP contribution in [0.4, 0.5) is 5.82 Å². The molecule has 3 aromatic rings. The number of nitrogens with one attached hydrogen (secondary N) is 1. The van der Waals surface area contributed by atoms with E-state index in [-0.39, 0.29) is 6.04 Å². The van der Waals surface area contributed by atoms with Gasteiger partial charge in [0.1, 0.15) is 11.0 Å². The average Bonchev–Trinajstić information content (AvgIpc) is 3.03. The molecule has 1 aliphatic rings. The number of halogens is 1. The molecule has 6 heteroatoms. The molecular formula is C17H17ClN4O. The van der Waals surface area contributed by atoms with Crippen LogP contribution in [0, 0.1) is 0 Å². The van der Waals surface area contributed by atoms with Gasteiger partial charge in [-0.2, -0.15) is 0 Å². The Morgan fingerprint density at radius 1 is 1.30 bits per heavy atom. The van der Waals surface area contributed by atoms with Gasteiger partial charge in [0, 0.05) is 35.3 Å². The number of hydrogen-bond donors (Lipinski definition) is 1. The molecule has 1 aliphatic heterocycles. The number of fused-ring (bicyclic) bond motifs is 1. The Morgan fingerprint density at radius 3 is 3.09 bits per heavy atom. The minimum Gasteiger partial charge on any atom is -0.377 e. The molecule has 0 amide bonds. The van der Waals surface area contributed by atoms with Gasteiger partial charge in [-0.05, 0) is 19.1 Å². The second-order valence-electron chi connectivity index (χ2n) is 5.73. The fourth-order valence-corrected chi connectivity index (χ4v) is 3.20. The van der Waals surface area contributed by atoms with Crippen molar-refractivity contribution < 1.29 is 4.74 Å². The van der Waals surface area contributed by atoms with Gasteiger partial charge in [-0.15, -0.1) is 0 Å². The first-order chi connectivity index (χ1) is 11.2. The number of hydrogen-bond acceptors (Lipinski definition) is 4. The van der Waals surface area contributed by atoms with E-state index in [9.17, 15) is 0 Å². The highest BCUT2D eigenvalue weighted by Crippen LogP contribution is 2.29. The number of aromatic nitrogens is 3. The van der Waals surface area contributed by atoms with Crippen molar-refractivity contribution in [3.05, 3.63) is 41.7 Å². The number of H-pyrrole nitrogens is 1. The highest BCUT2D eigenvalue weighted by molar-refractivity contribution is 6.29. The monoisotopic (exact) mass is 328 g/mol. The van der Waals surface area contributed by atoms with Gasteiger partial charge in [0.15, 0.2) is 5.82 Å². The third-order valence-corrected chi connectivity index (χ3v) is 4.37. The smallest absolute Gasteiger partial charge is 0.163 e. The second kappa shape index (κ2) is 5.83. The van der Waals surface area contributed by atoms with Crippen molar-refractivity contribution in [2.75, 3.05) is 24.7 Å². The van der Waals surface area contributed by atoms with Crippen molar-refractivity contribution in [3.8, 4) is 11.4 Å². The minimum atomic E-state index is 0.269. The predicted molar refractivity (Wildman–Crippen MR) is 92.0 cm³/mol. The molecule has 0 aliphatic carbocycles. The van der Waals surface area contributed by atoms with E-state index < -0.39 is 0 Å². The largest absolute Gasteiger partial charge is 0.377 e. The zero-order valence-electron chi connectivity index (χ0n) is 12.8. The van der Waals surface area contributed by atoms with Crippen LogP contribution < -0.4 is 4.90 Å². The SMILES string of the molecule is CC1COCCN1c1cc(Cl)nc(-c2cccc3[nH]ccc23)n1. The normalized spacial score (nSPS) is 18.5. The first kappa shape index (κ1) is 14.5. The van der Waals surface area contributed by atoms with E-state index in [4.69, 9.17) is 21.3 Å². The van der Waals surface area contributed by atoms with E-state index in [1.165, 1.54) is 0 Å². The highest BCUT2D eigenvalue weighted by Gasteiger charge is 2.22. The number of ether oxygens (including phenoxy) is 1. The van der Waals surface area contributed by atoms with E-state index in [0.717, 1.165) is 28.8 Å². The molecule has 1 aromatic carbocycles. The topological polar surface area (TPSA) is 54.0 Å². The fraction of sp³-hybridized carbons (Fsp3) is 0.294. The van der Waals surface area contributed by atoms with Crippen LogP contribution in [0.1, 0.15) is 6.92 Å². The maximum atomic E-state index is 6.28. The summed E-state index contributed by atoms with van der Waals surface area (Å²) in [6.45, 7) is 4.34. The van der Waals surface area contributed by atoms with Crippen molar-refractivity contribution >= 4 is 28.3 Å². The molecule has 0 radical (unpaired) electrons. The van der Waals surface area contributed by atoms with Crippen molar-refractivity contribution in [1.29, 1.82) is 0 Å². The van der Waals surface area contributed by atoms with E-state index in [0.29, 0.717) is 24.2 Å². The van der Waals surface area contributed by atoms with Gasteiger partial charge in [0.05, 0.1) is 19.3 Å². The lowest BCUT2D eigenvalue weighted by molar-refractivity contribution is 0.0985.